The predicted octanol–water partition coefficient (Wildman–Crippen LogP) is 6.72. The van der Waals surface area contributed by atoms with Gasteiger partial charge in [0.1, 0.15) is 5.78 Å². The highest BCUT2D eigenvalue weighted by Crippen LogP contribution is 2.72. The third kappa shape index (κ3) is 3.57. The number of carboxylic acids is 1. The number of aliphatic hydroxyl groups is 1. The van der Waals surface area contributed by atoms with Crippen molar-refractivity contribution in [2.45, 2.75) is 106 Å². The van der Waals surface area contributed by atoms with Crippen molar-refractivity contribution in [1.29, 1.82) is 0 Å². The van der Waals surface area contributed by atoms with Crippen LogP contribution in [0, 0.1) is 39.4 Å². The molecule has 0 aromatic carbocycles. The SMILES string of the molecule is C/C(=C\CC[C@@H](CO)[C@@H]1CC[C@@]2(C)C3=C(CC[C@]12C)[C@@]1(C)CCC(=O)C(C)(C)[C@@H]1CC3)C(=O)O. The molecule has 4 rings (SSSR count). The smallest absolute Gasteiger partial charge is 0.330 e. The Kier molecular flexibility index (Phi) is 6.50. The zero-order valence-corrected chi connectivity index (χ0v) is 22.3. The average Bonchev–Trinajstić information content (AvgIpc) is 3.05. The third-order valence-corrected chi connectivity index (χ3v) is 11.7. The Morgan fingerprint density at radius 3 is 2.38 bits per heavy atom. The van der Waals surface area contributed by atoms with E-state index in [0.29, 0.717) is 36.0 Å². The van der Waals surface area contributed by atoms with Crippen LogP contribution in [0.2, 0.25) is 0 Å². The lowest BCUT2D eigenvalue weighted by molar-refractivity contribution is -0.139. The van der Waals surface area contributed by atoms with Crippen molar-refractivity contribution < 1.29 is 19.8 Å². The van der Waals surface area contributed by atoms with Crippen LogP contribution in [0.4, 0.5) is 0 Å². The summed E-state index contributed by atoms with van der Waals surface area (Å²) in [6.07, 6.45) is 11.9. The molecule has 34 heavy (non-hydrogen) atoms. The lowest BCUT2D eigenvalue weighted by Crippen LogP contribution is -2.54. The van der Waals surface area contributed by atoms with Gasteiger partial charge in [0.25, 0.3) is 0 Å². The van der Waals surface area contributed by atoms with Crippen LogP contribution in [0.15, 0.2) is 22.8 Å². The first-order chi connectivity index (χ1) is 15.8. The summed E-state index contributed by atoms with van der Waals surface area (Å²) in [5.41, 5.74) is 4.01. The molecule has 2 fully saturated rings. The molecular weight excluding hydrogens is 424 g/mol. The minimum absolute atomic E-state index is 0.142. The van der Waals surface area contributed by atoms with E-state index in [0.717, 1.165) is 44.9 Å². The first-order valence-electron chi connectivity index (χ1n) is 13.6. The standard InChI is InChI=1S/C30H46O4/c1-19(26(33)34)8-7-9-20(18-31)21-12-16-30(6)23-10-11-24-27(2,3)25(32)14-15-28(24,4)22(23)13-17-29(21,30)5/h8,20-21,24,31H,7,9-18H2,1-6H3,(H,33,34)/b19-8+/t20-,21-,24-,28+,29+,30-/m0/s1. The van der Waals surface area contributed by atoms with Gasteiger partial charge in [0.05, 0.1) is 0 Å². The summed E-state index contributed by atoms with van der Waals surface area (Å²) >= 11 is 0. The van der Waals surface area contributed by atoms with Crippen LogP contribution >= 0.6 is 0 Å². The maximum absolute atomic E-state index is 12.8. The molecule has 0 saturated heterocycles. The lowest BCUT2D eigenvalue weighted by Gasteiger charge is -2.61. The van der Waals surface area contributed by atoms with Gasteiger partial charge in [-0.15, -0.1) is 0 Å². The number of Topliss-reactive ketones (excluding diaryl/α,β-unsaturated/α-hetero) is 1. The van der Waals surface area contributed by atoms with E-state index in [2.05, 4.69) is 34.6 Å². The molecular formula is C30H46O4. The van der Waals surface area contributed by atoms with Crippen molar-refractivity contribution >= 4 is 11.8 Å². The van der Waals surface area contributed by atoms with Gasteiger partial charge in [0.2, 0.25) is 0 Å². The summed E-state index contributed by atoms with van der Waals surface area (Å²) in [7, 11) is 0. The lowest BCUT2D eigenvalue weighted by atomic mass is 9.43. The zero-order valence-electron chi connectivity index (χ0n) is 22.3. The highest BCUT2D eigenvalue weighted by Gasteiger charge is 2.63. The van der Waals surface area contributed by atoms with Crippen molar-refractivity contribution in [3.05, 3.63) is 22.8 Å². The molecule has 0 aromatic heterocycles. The van der Waals surface area contributed by atoms with Crippen LogP contribution in [-0.2, 0) is 9.59 Å². The van der Waals surface area contributed by atoms with Crippen LogP contribution in [0.1, 0.15) is 106 Å². The maximum atomic E-state index is 12.8. The number of aliphatic carboxylic acids is 1. The highest BCUT2D eigenvalue weighted by molar-refractivity contribution is 5.86. The fourth-order valence-electron chi connectivity index (χ4n) is 9.31. The topological polar surface area (TPSA) is 74.6 Å². The number of hydrogen-bond acceptors (Lipinski definition) is 3. The Balaban J connectivity index is 1.63. The molecule has 4 nitrogen and oxygen atoms in total. The number of carbonyl (C=O) groups excluding carboxylic acids is 1. The first-order valence-corrected chi connectivity index (χ1v) is 13.6. The first kappa shape index (κ1) is 25.7. The average molecular weight is 471 g/mol. The number of allylic oxidation sites excluding steroid dienone is 3. The molecule has 4 aliphatic rings. The van der Waals surface area contributed by atoms with Crippen LogP contribution < -0.4 is 0 Å². The van der Waals surface area contributed by atoms with E-state index >= 15 is 0 Å². The quantitative estimate of drug-likeness (QED) is 0.334. The van der Waals surface area contributed by atoms with Gasteiger partial charge in [0, 0.05) is 24.0 Å². The second kappa shape index (κ2) is 8.61. The van der Waals surface area contributed by atoms with Gasteiger partial charge in [-0.1, -0.05) is 51.8 Å². The summed E-state index contributed by atoms with van der Waals surface area (Å²) in [5.74, 6) is 0.712. The molecule has 0 spiro atoms. The second-order valence-electron chi connectivity index (χ2n) is 13.2. The van der Waals surface area contributed by atoms with E-state index in [4.69, 9.17) is 5.11 Å². The molecule has 0 heterocycles. The predicted molar refractivity (Wildman–Crippen MR) is 135 cm³/mol. The Morgan fingerprint density at radius 1 is 1.03 bits per heavy atom. The van der Waals surface area contributed by atoms with E-state index in [1.807, 2.05) is 6.08 Å². The van der Waals surface area contributed by atoms with Crippen molar-refractivity contribution in [3.8, 4) is 0 Å². The Hall–Kier alpha value is -1.42. The largest absolute Gasteiger partial charge is 0.478 e. The van der Waals surface area contributed by atoms with E-state index in [9.17, 15) is 14.7 Å². The van der Waals surface area contributed by atoms with E-state index in [1.165, 1.54) is 6.42 Å². The summed E-state index contributed by atoms with van der Waals surface area (Å²) in [6.45, 7) is 13.7. The van der Waals surface area contributed by atoms with Crippen LogP contribution in [0.5, 0.6) is 0 Å². The molecule has 6 atom stereocenters. The number of ketones is 1. The molecule has 0 aliphatic heterocycles. The maximum Gasteiger partial charge on any atom is 0.330 e. The normalized spacial score (nSPS) is 40.4. The van der Waals surface area contributed by atoms with Gasteiger partial charge in [-0.25, -0.2) is 4.79 Å². The van der Waals surface area contributed by atoms with Crippen LogP contribution in [0.25, 0.3) is 0 Å². The number of carboxylic acid groups (broad SMARTS) is 1. The monoisotopic (exact) mass is 470 g/mol. The Labute approximate surface area is 206 Å². The number of aliphatic hydroxyl groups excluding tert-OH is 1. The van der Waals surface area contributed by atoms with E-state index < -0.39 is 5.97 Å². The van der Waals surface area contributed by atoms with Crippen LogP contribution in [0.3, 0.4) is 0 Å². The molecule has 2 N–H and O–H groups in total. The molecule has 0 radical (unpaired) electrons. The Bertz CT molecular complexity index is 926. The fraction of sp³-hybridized carbons (Fsp3) is 0.800. The van der Waals surface area contributed by atoms with Gasteiger partial charge in [0.15, 0.2) is 0 Å². The number of hydrogen-bond donors (Lipinski definition) is 2. The second-order valence-corrected chi connectivity index (χ2v) is 13.2. The van der Waals surface area contributed by atoms with Gasteiger partial charge in [-0.3, -0.25) is 4.79 Å². The molecule has 4 aliphatic carbocycles. The molecule has 2 saturated carbocycles. The number of carbonyl (C=O) groups is 2. The minimum atomic E-state index is -0.857. The summed E-state index contributed by atoms with van der Waals surface area (Å²) in [5, 5.41) is 19.5. The molecule has 0 bridgehead atoms. The van der Waals surface area contributed by atoms with Crippen molar-refractivity contribution in [2.24, 2.45) is 39.4 Å². The van der Waals surface area contributed by atoms with E-state index in [-0.39, 0.29) is 34.2 Å². The fourth-order valence-corrected chi connectivity index (χ4v) is 9.31. The summed E-state index contributed by atoms with van der Waals surface area (Å²) in [6, 6.07) is 0. The van der Waals surface area contributed by atoms with Gasteiger partial charge in [-0.05, 0) is 98.7 Å². The number of fused-ring (bicyclic) bond motifs is 4. The van der Waals surface area contributed by atoms with Gasteiger partial charge >= 0.3 is 5.97 Å². The van der Waals surface area contributed by atoms with Crippen molar-refractivity contribution in [3.63, 3.8) is 0 Å². The van der Waals surface area contributed by atoms with Crippen molar-refractivity contribution in [1.82, 2.24) is 0 Å². The zero-order chi connectivity index (χ0) is 25.1. The van der Waals surface area contributed by atoms with Crippen molar-refractivity contribution in [2.75, 3.05) is 6.61 Å². The highest BCUT2D eigenvalue weighted by atomic mass is 16.4. The molecule has 0 amide bonds. The van der Waals surface area contributed by atoms with Gasteiger partial charge < -0.3 is 10.2 Å². The van der Waals surface area contributed by atoms with E-state index in [1.54, 1.807) is 18.1 Å². The molecule has 4 heteroatoms. The van der Waals surface area contributed by atoms with Gasteiger partial charge in [-0.2, -0.15) is 0 Å². The molecule has 0 unspecified atom stereocenters. The number of rotatable bonds is 6. The summed E-state index contributed by atoms with van der Waals surface area (Å²) in [4.78, 5) is 24.0. The molecule has 0 aromatic rings. The summed E-state index contributed by atoms with van der Waals surface area (Å²) < 4.78 is 0. The minimum Gasteiger partial charge on any atom is -0.478 e. The van der Waals surface area contributed by atoms with Crippen LogP contribution in [-0.4, -0.2) is 28.6 Å². The molecule has 190 valence electrons. The Morgan fingerprint density at radius 2 is 1.74 bits per heavy atom. The third-order valence-electron chi connectivity index (χ3n) is 11.7.